The third-order valence-electron chi connectivity index (χ3n) is 6.82. The van der Waals surface area contributed by atoms with Crippen LogP contribution >= 0.6 is 11.3 Å². The fourth-order valence-electron chi connectivity index (χ4n) is 4.96. The number of nitrogen functional groups attached to an aromatic ring is 1. The minimum Gasteiger partial charge on any atom is -0.457 e. The van der Waals surface area contributed by atoms with Crippen LogP contribution in [0.3, 0.4) is 0 Å². The first-order valence-corrected chi connectivity index (χ1v) is 13.5. The van der Waals surface area contributed by atoms with Gasteiger partial charge in [-0.1, -0.05) is 0 Å². The van der Waals surface area contributed by atoms with Crippen LogP contribution in [0.4, 0.5) is 10.2 Å². The maximum Gasteiger partial charge on any atom is 0.150 e. The topological polar surface area (TPSA) is 87.6 Å². The number of anilines is 1. The molecule has 4 heterocycles. The number of halogens is 1. The highest BCUT2D eigenvalue weighted by Crippen LogP contribution is 2.35. The zero-order chi connectivity index (χ0) is 26.1. The van der Waals surface area contributed by atoms with E-state index in [1.54, 1.807) is 23.6 Å². The predicted octanol–water partition coefficient (Wildman–Crippen LogP) is 6.35. The summed E-state index contributed by atoms with van der Waals surface area (Å²) in [6.45, 7) is 3.45. The summed E-state index contributed by atoms with van der Waals surface area (Å²) in [5, 5.41) is 1.04. The standard InChI is InChI=1S/C29H28FN5O2S/c1-18-33-17-25(38-18)7-2-19-14-22(30)16-24(15-19)37-23-5-3-20(4-6-23)26-27-28(31)32-10-11-35(27)29(34-26)21-8-12-36-13-9-21/h3-6,10-11,14-17,21H,2,7-9,12-13H2,1H3,(H2,31,32). The summed E-state index contributed by atoms with van der Waals surface area (Å²) in [6, 6.07) is 12.5. The van der Waals surface area contributed by atoms with Crippen LogP contribution in [0.2, 0.25) is 0 Å². The maximum atomic E-state index is 14.4. The number of benzene rings is 2. The number of imidazole rings is 1. The van der Waals surface area contributed by atoms with E-state index in [4.69, 9.17) is 20.2 Å². The first-order chi connectivity index (χ1) is 18.5. The van der Waals surface area contributed by atoms with Crippen molar-refractivity contribution in [1.82, 2.24) is 19.4 Å². The van der Waals surface area contributed by atoms with Crippen molar-refractivity contribution >= 4 is 22.7 Å². The van der Waals surface area contributed by atoms with Gasteiger partial charge in [0.15, 0.2) is 0 Å². The normalized spacial score (nSPS) is 14.3. The Morgan fingerprint density at radius 3 is 2.66 bits per heavy atom. The number of nitrogens with zero attached hydrogens (tertiary/aromatic N) is 4. The molecule has 3 aromatic heterocycles. The molecule has 0 atom stereocenters. The predicted molar refractivity (Wildman–Crippen MR) is 146 cm³/mol. The monoisotopic (exact) mass is 529 g/mol. The van der Waals surface area contributed by atoms with Gasteiger partial charge in [-0.15, -0.1) is 11.3 Å². The summed E-state index contributed by atoms with van der Waals surface area (Å²) >= 11 is 1.67. The number of ether oxygens (including phenoxy) is 2. The molecule has 9 heteroatoms. The van der Waals surface area contributed by atoms with Crippen molar-refractivity contribution in [3.63, 3.8) is 0 Å². The average molecular weight is 530 g/mol. The minimum atomic E-state index is -0.317. The number of nitrogens with two attached hydrogens (primary N) is 1. The summed E-state index contributed by atoms with van der Waals surface area (Å²) in [7, 11) is 0. The quantitative estimate of drug-likeness (QED) is 0.264. The highest BCUT2D eigenvalue weighted by atomic mass is 32.1. The Morgan fingerprint density at radius 1 is 1.08 bits per heavy atom. The van der Waals surface area contributed by atoms with Gasteiger partial charge >= 0.3 is 0 Å². The third-order valence-corrected chi connectivity index (χ3v) is 7.79. The lowest BCUT2D eigenvalue weighted by Crippen LogP contribution is -2.16. The Labute approximate surface area is 224 Å². The SMILES string of the molecule is Cc1ncc(CCc2cc(F)cc(Oc3ccc(-c4nc(C5CCOCC5)n5ccnc(N)c45)cc3)c2)s1. The molecular weight excluding hydrogens is 501 g/mol. The fourth-order valence-corrected chi connectivity index (χ4v) is 5.76. The molecule has 0 aliphatic carbocycles. The molecule has 0 radical (unpaired) electrons. The molecular formula is C29H28FN5O2S. The van der Waals surface area contributed by atoms with Crippen LogP contribution in [0.15, 0.2) is 61.1 Å². The average Bonchev–Trinajstić information content (AvgIpc) is 3.52. The van der Waals surface area contributed by atoms with E-state index in [9.17, 15) is 4.39 Å². The molecule has 0 bridgehead atoms. The molecule has 1 fully saturated rings. The Hall–Kier alpha value is -3.82. The van der Waals surface area contributed by atoms with E-state index in [2.05, 4.69) is 14.4 Å². The molecule has 1 saturated heterocycles. The summed E-state index contributed by atoms with van der Waals surface area (Å²) in [5.41, 5.74) is 9.68. The molecule has 0 unspecified atom stereocenters. The second kappa shape index (κ2) is 10.5. The number of hydrogen-bond donors (Lipinski definition) is 1. The van der Waals surface area contributed by atoms with Crippen LogP contribution in [-0.4, -0.2) is 32.6 Å². The molecule has 2 N–H and O–H groups in total. The van der Waals surface area contributed by atoms with Gasteiger partial charge in [0.1, 0.15) is 40.2 Å². The molecule has 0 spiro atoms. The molecule has 0 amide bonds. The maximum absolute atomic E-state index is 14.4. The van der Waals surface area contributed by atoms with Gasteiger partial charge in [-0.25, -0.2) is 19.3 Å². The van der Waals surface area contributed by atoms with E-state index in [1.165, 1.54) is 10.9 Å². The van der Waals surface area contributed by atoms with Crippen molar-refractivity contribution < 1.29 is 13.9 Å². The Morgan fingerprint density at radius 2 is 1.89 bits per heavy atom. The fraction of sp³-hybridized carbons (Fsp3) is 0.276. The highest BCUT2D eigenvalue weighted by Gasteiger charge is 2.24. The third kappa shape index (κ3) is 5.12. The number of aryl methyl sites for hydroxylation is 3. The zero-order valence-corrected chi connectivity index (χ0v) is 21.9. The van der Waals surface area contributed by atoms with Crippen molar-refractivity contribution in [1.29, 1.82) is 0 Å². The Balaban J connectivity index is 1.23. The number of thiazole rings is 1. The Kier molecular flexibility index (Phi) is 6.78. The van der Waals surface area contributed by atoms with Crippen molar-refractivity contribution in [2.24, 2.45) is 0 Å². The molecule has 1 aliphatic rings. The molecule has 6 rings (SSSR count). The molecule has 194 valence electrons. The number of aromatic nitrogens is 4. The largest absolute Gasteiger partial charge is 0.457 e. The molecule has 38 heavy (non-hydrogen) atoms. The van der Waals surface area contributed by atoms with Gasteiger partial charge in [-0.3, -0.25) is 4.40 Å². The second-order valence-electron chi connectivity index (χ2n) is 9.50. The first kappa shape index (κ1) is 24.5. The van der Waals surface area contributed by atoms with Crippen LogP contribution in [0.25, 0.3) is 16.8 Å². The van der Waals surface area contributed by atoms with E-state index >= 15 is 0 Å². The van der Waals surface area contributed by atoms with Crippen LogP contribution in [-0.2, 0) is 17.6 Å². The van der Waals surface area contributed by atoms with Crippen molar-refractivity contribution in [2.75, 3.05) is 18.9 Å². The van der Waals surface area contributed by atoms with E-state index in [-0.39, 0.29) is 5.82 Å². The van der Waals surface area contributed by atoms with E-state index in [0.29, 0.717) is 29.7 Å². The van der Waals surface area contributed by atoms with E-state index in [0.717, 1.165) is 65.6 Å². The van der Waals surface area contributed by atoms with Gasteiger partial charge in [0, 0.05) is 54.2 Å². The lowest BCUT2D eigenvalue weighted by Gasteiger charge is -2.20. The molecule has 5 aromatic rings. The van der Waals surface area contributed by atoms with Gasteiger partial charge < -0.3 is 15.2 Å². The van der Waals surface area contributed by atoms with Gasteiger partial charge in [-0.2, -0.15) is 0 Å². The van der Waals surface area contributed by atoms with E-state index in [1.807, 2.05) is 49.6 Å². The first-order valence-electron chi connectivity index (χ1n) is 12.7. The summed E-state index contributed by atoms with van der Waals surface area (Å²) in [5.74, 6) is 2.49. The van der Waals surface area contributed by atoms with Gasteiger partial charge in [-0.05, 0) is 74.6 Å². The van der Waals surface area contributed by atoms with Crippen LogP contribution in [0.5, 0.6) is 11.5 Å². The molecule has 7 nitrogen and oxygen atoms in total. The molecule has 1 aliphatic heterocycles. The number of hydrogen-bond acceptors (Lipinski definition) is 7. The van der Waals surface area contributed by atoms with E-state index < -0.39 is 0 Å². The lowest BCUT2D eigenvalue weighted by atomic mass is 10.00. The van der Waals surface area contributed by atoms with Gasteiger partial charge in [0.2, 0.25) is 0 Å². The summed E-state index contributed by atoms with van der Waals surface area (Å²) in [4.78, 5) is 14.8. The molecule has 0 saturated carbocycles. The molecule has 2 aromatic carbocycles. The van der Waals surface area contributed by atoms with Crippen LogP contribution in [0.1, 0.15) is 40.0 Å². The zero-order valence-electron chi connectivity index (χ0n) is 21.1. The highest BCUT2D eigenvalue weighted by molar-refractivity contribution is 7.11. The summed E-state index contributed by atoms with van der Waals surface area (Å²) in [6.07, 6.45) is 8.89. The van der Waals surface area contributed by atoms with Crippen LogP contribution < -0.4 is 10.5 Å². The van der Waals surface area contributed by atoms with Gasteiger partial charge in [0.25, 0.3) is 0 Å². The lowest BCUT2D eigenvalue weighted by molar-refractivity contribution is 0.0835. The second-order valence-corrected chi connectivity index (χ2v) is 10.8. The van der Waals surface area contributed by atoms with Gasteiger partial charge in [0.05, 0.1) is 5.01 Å². The minimum absolute atomic E-state index is 0.302. The summed E-state index contributed by atoms with van der Waals surface area (Å²) < 4.78 is 28.0. The van der Waals surface area contributed by atoms with Crippen molar-refractivity contribution in [3.8, 4) is 22.8 Å². The number of fused-ring (bicyclic) bond motifs is 1. The smallest absolute Gasteiger partial charge is 0.150 e. The van der Waals surface area contributed by atoms with Crippen molar-refractivity contribution in [2.45, 2.75) is 38.5 Å². The Bertz CT molecular complexity index is 1570. The number of rotatable bonds is 7. The van der Waals surface area contributed by atoms with Crippen molar-refractivity contribution in [3.05, 3.63) is 88.1 Å². The van der Waals surface area contributed by atoms with Crippen LogP contribution in [0, 0.1) is 12.7 Å².